The minimum Gasteiger partial charge on any atom is -0.300 e. The van der Waals surface area contributed by atoms with Gasteiger partial charge in [0.1, 0.15) is 0 Å². The second-order valence-electron chi connectivity index (χ2n) is 5.87. The summed E-state index contributed by atoms with van der Waals surface area (Å²) in [5.41, 5.74) is 2.08. The highest BCUT2D eigenvalue weighted by molar-refractivity contribution is 7.89. The maximum atomic E-state index is 11.8. The van der Waals surface area contributed by atoms with Crippen LogP contribution in [0.3, 0.4) is 0 Å². The predicted octanol–water partition coefficient (Wildman–Crippen LogP) is 2.31. The second-order valence-corrected chi connectivity index (χ2v) is 7.40. The number of benzene rings is 1. The lowest BCUT2D eigenvalue weighted by atomic mass is 9.87. The molecule has 1 aromatic rings. The average Bonchev–Trinajstić information content (AvgIpc) is 2.45. The normalized spacial score (nSPS) is 18.8. The fraction of sp³-hybridized carbons (Fsp3) is 0.625. The van der Waals surface area contributed by atoms with Crippen molar-refractivity contribution in [3.05, 3.63) is 29.3 Å². The highest BCUT2D eigenvalue weighted by atomic mass is 32.2. The van der Waals surface area contributed by atoms with Crippen LogP contribution in [0.25, 0.3) is 0 Å². The molecular formula is C16H26N2O2S. The monoisotopic (exact) mass is 310 g/mol. The fourth-order valence-corrected chi connectivity index (χ4v) is 4.19. The SMILES string of the molecule is CCCN(CCC)C1CCc2cccc(S(N)(=O)=O)c2C1. The van der Waals surface area contributed by atoms with E-state index in [-0.39, 0.29) is 0 Å². The second kappa shape index (κ2) is 6.90. The molecule has 118 valence electrons. The van der Waals surface area contributed by atoms with Crippen LogP contribution in [0.5, 0.6) is 0 Å². The van der Waals surface area contributed by atoms with E-state index in [1.54, 1.807) is 12.1 Å². The van der Waals surface area contributed by atoms with Crippen LogP contribution in [0.1, 0.15) is 44.2 Å². The number of nitrogens with two attached hydrogens (primary N) is 1. The minimum absolute atomic E-state index is 0.317. The molecule has 5 heteroatoms. The van der Waals surface area contributed by atoms with Gasteiger partial charge in [-0.05, 0) is 62.4 Å². The molecule has 1 unspecified atom stereocenters. The van der Waals surface area contributed by atoms with E-state index in [2.05, 4.69) is 18.7 Å². The van der Waals surface area contributed by atoms with Crippen molar-refractivity contribution in [2.75, 3.05) is 13.1 Å². The number of fused-ring (bicyclic) bond motifs is 1. The summed E-state index contributed by atoms with van der Waals surface area (Å²) >= 11 is 0. The van der Waals surface area contributed by atoms with Crippen LogP contribution >= 0.6 is 0 Å². The van der Waals surface area contributed by atoms with Crippen LogP contribution in [0, 0.1) is 0 Å². The molecule has 1 aromatic carbocycles. The first-order chi connectivity index (χ1) is 9.97. The summed E-state index contributed by atoms with van der Waals surface area (Å²) in [4.78, 5) is 2.82. The molecular weight excluding hydrogens is 284 g/mol. The van der Waals surface area contributed by atoms with E-state index >= 15 is 0 Å². The Morgan fingerprint density at radius 1 is 1.24 bits per heavy atom. The van der Waals surface area contributed by atoms with Gasteiger partial charge in [0.25, 0.3) is 0 Å². The molecule has 4 nitrogen and oxygen atoms in total. The van der Waals surface area contributed by atoms with E-state index in [1.165, 1.54) is 0 Å². The summed E-state index contributed by atoms with van der Waals surface area (Å²) in [6, 6.07) is 5.90. The smallest absolute Gasteiger partial charge is 0.238 e. The van der Waals surface area contributed by atoms with E-state index in [9.17, 15) is 8.42 Å². The number of rotatable bonds is 6. The third-order valence-corrected chi connectivity index (χ3v) is 5.26. The molecule has 1 aliphatic carbocycles. The highest BCUT2D eigenvalue weighted by Gasteiger charge is 2.27. The zero-order valence-corrected chi connectivity index (χ0v) is 13.8. The number of sulfonamides is 1. The summed E-state index contributed by atoms with van der Waals surface area (Å²) in [6.07, 6.45) is 5.08. The van der Waals surface area contributed by atoms with Crippen molar-refractivity contribution >= 4 is 10.0 Å². The summed E-state index contributed by atoms with van der Waals surface area (Å²) in [6.45, 7) is 6.53. The first-order valence-corrected chi connectivity index (χ1v) is 9.39. The number of aryl methyl sites for hydroxylation is 1. The zero-order valence-electron chi connectivity index (χ0n) is 13.0. The standard InChI is InChI=1S/C16H26N2O2S/c1-3-10-18(11-4-2)14-9-8-13-6-5-7-16(15(13)12-14)21(17,19)20/h5-7,14H,3-4,8-12H2,1-2H3,(H2,17,19,20). The quantitative estimate of drug-likeness (QED) is 0.877. The summed E-state index contributed by atoms with van der Waals surface area (Å²) < 4.78 is 23.6. The van der Waals surface area contributed by atoms with E-state index in [0.717, 1.165) is 56.3 Å². The number of hydrogen-bond acceptors (Lipinski definition) is 3. The summed E-state index contributed by atoms with van der Waals surface area (Å²) in [5, 5.41) is 5.38. The lowest BCUT2D eigenvalue weighted by Gasteiger charge is -2.35. The number of primary sulfonamides is 1. The topological polar surface area (TPSA) is 63.4 Å². The number of nitrogens with zero attached hydrogens (tertiary/aromatic N) is 1. The molecule has 21 heavy (non-hydrogen) atoms. The Balaban J connectivity index is 2.30. The van der Waals surface area contributed by atoms with Gasteiger partial charge in [-0.25, -0.2) is 13.6 Å². The van der Waals surface area contributed by atoms with E-state index in [1.807, 2.05) is 6.07 Å². The zero-order chi connectivity index (χ0) is 15.5. The first-order valence-electron chi connectivity index (χ1n) is 7.85. The predicted molar refractivity (Wildman–Crippen MR) is 85.8 cm³/mol. The molecule has 1 aliphatic rings. The van der Waals surface area contributed by atoms with Crippen LogP contribution in [0.2, 0.25) is 0 Å². The van der Waals surface area contributed by atoms with Gasteiger partial charge in [-0.1, -0.05) is 26.0 Å². The van der Waals surface area contributed by atoms with E-state index < -0.39 is 10.0 Å². The molecule has 0 amide bonds. The molecule has 1 atom stereocenters. The lowest BCUT2D eigenvalue weighted by molar-refractivity contribution is 0.179. The Bertz CT molecular complexity index is 578. The Hall–Kier alpha value is -0.910. The van der Waals surface area contributed by atoms with Crippen molar-refractivity contribution in [3.8, 4) is 0 Å². The van der Waals surface area contributed by atoms with E-state index in [4.69, 9.17) is 5.14 Å². The molecule has 0 saturated carbocycles. The molecule has 0 spiro atoms. The third-order valence-electron chi connectivity index (χ3n) is 4.26. The highest BCUT2D eigenvalue weighted by Crippen LogP contribution is 2.29. The molecule has 2 rings (SSSR count). The van der Waals surface area contributed by atoms with Crippen molar-refractivity contribution in [1.29, 1.82) is 0 Å². The van der Waals surface area contributed by atoms with Gasteiger partial charge in [0.05, 0.1) is 4.90 Å². The van der Waals surface area contributed by atoms with Gasteiger partial charge in [-0.15, -0.1) is 0 Å². The van der Waals surface area contributed by atoms with Crippen molar-refractivity contribution < 1.29 is 8.42 Å². The van der Waals surface area contributed by atoms with Gasteiger partial charge in [0.15, 0.2) is 0 Å². The van der Waals surface area contributed by atoms with Crippen LogP contribution in [0.15, 0.2) is 23.1 Å². The Morgan fingerprint density at radius 2 is 1.90 bits per heavy atom. The first kappa shape index (κ1) is 16.5. The van der Waals surface area contributed by atoms with Crippen LogP contribution in [0.4, 0.5) is 0 Å². The average molecular weight is 310 g/mol. The molecule has 0 aromatic heterocycles. The van der Waals surface area contributed by atoms with Gasteiger partial charge in [-0.3, -0.25) is 0 Å². The van der Waals surface area contributed by atoms with Crippen molar-refractivity contribution in [1.82, 2.24) is 4.90 Å². The number of hydrogen-bond donors (Lipinski definition) is 1. The van der Waals surface area contributed by atoms with Gasteiger partial charge >= 0.3 is 0 Å². The lowest BCUT2D eigenvalue weighted by Crippen LogP contribution is -2.40. The largest absolute Gasteiger partial charge is 0.300 e. The Labute approximate surface area is 128 Å². The Kier molecular flexibility index (Phi) is 5.41. The maximum Gasteiger partial charge on any atom is 0.238 e. The van der Waals surface area contributed by atoms with Crippen molar-refractivity contribution in [2.45, 2.75) is 56.9 Å². The van der Waals surface area contributed by atoms with Gasteiger partial charge in [0, 0.05) is 6.04 Å². The molecule has 0 saturated heterocycles. The molecule has 2 N–H and O–H groups in total. The van der Waals surface area contributed by atoms with Gasteiger partial charge < -0.3 is 4.90 Å². The summed E-state index contributed by atoms with van der Waals surface area (Å²) in [7, 11) is -3.64. The fourth-order valence-electron chi connectivity index (χ4n) is 3.37. The van der Waals surface area contributed by atoms with Gasteiger partial charge in [-0.2, -0.15) is 0 Å². The van der Waals surface area contributed by atoms with Crippen LogP contribution in [-0.4, -0.2) is 32.4 Å². The van der Waals surface area contributed by atoms with Crippen molar-refractivity contribution in [3.63, 3.8) is 0 Å². The molecule has 0 bridgehead atoms. The van der Waals surface area contributed by atoms with Crippen LogP contribution in [-0.2, 0) is 22.9 Å². The maximum absolute atomic E-state index is 11.8. The van der Waals surface area contributed by atoms with Crippen LogP contribution < -0.4 is 5.14 Å². The Morgan fingerprint density at radius 3 is 2.48 bits per heavy atom. The minimum atomic E-state index is -3.64. The molecule has 0 heterocycles. The third kappa shape index (κ3) is 3.84. The van der Waals surface area contributed by atoms with Gasteiger partial charge in [0.2, 0.25) is 10.0 Å². The summed E-state index contributed by atoms with van der Waals surface area (Å²) in [5.74, 6) is 0. The van der Waals surface area contributed by atoms with E-state index in [0.29, 0.717) is 10.9 Å². The molecule has 0 aliphatic heterocycles. The van der Waals surface area contributed by atoms with Crippen molar-refractivity contribution in [2.24, 2.45) is 5.14 Å². The molecule has 0 radical (unpaired) electrons. The molecule has 0 fully saturated rings.